The highest BCUT2D eigenvalue weighted by atomic mass is 16.5. The molecular formula is C14H25N3O. The van der Waals surface area contributed by atoms with Gasteiger partial charge in [-0.2, -0.15) is 0 Å². The van der Waals surface area contributed by atoms with E-state index in [0.29, 0.717) is 12.1 Å². The largest absolute Gasteiger partial charge is 0.378 e. The first kappa shape index (κ1) is 13.6. The van der Waals surface area contributed by atoms with E-state index in [-0.39, 0.29) is 0 Å². The van der Waals surface area contributed by atoms with Gasteiger partial charge in [-0.1, -0.05) is 6.92 Å². The lowest BCUT2D eigenvalue weighted by Gasteiger charge is -2.21. The van der Waals surface area contributed by atoms with Crippen LogP contribution in [0.15, 0.2) is 12.4 Å². The second-order valence-corrected chi connectivity index (χ2v) is 4.96. The van der Waals surface area contributed by atoms with Gasteiger partial charge in [0.2, 0.25) is 0 Å². The van der Waals surface area contributed by atoms with Crippen molar-refractivity contribution in [3.8, 4) is 0 Å². The van der Waals surface area contributed by atoms with Crippen LogP contribution in [0.25, 0.3) is 0 Å². The van der Waals surface area contributed by atoms with Gasteiger partial charge in [0.25, 0.3) is 0 Å². The normalized spacial score (nSPS) is 21.3. The summed E-state index contributed by atoms with van der Waals surface area (Å²) in [4.78, 5) is 4.47. The van der Waals surface area contributed by atoms with E-state index < -0.39 is 0 Å². The second kappa shape index (κ2) is 6.90. The van der Waals surface area contributed by atoms with Gasteiger partial charge in [0, 0.05) is 38.0 Å². The zero-order valence-electron chi connectivity index (χ0n) is 11.6. The van der Waals surface area contributed by atoms with E-state index >= 15 is 0 Å². The van der Waals surface area contributed by atoms with E-state index in [4.69, 9.17) is 4.74 Å². The summed E-state index contributed by atoms with van der Waals surface area (Å²) in [6.07, 6.45) is 8.92. The van der Waals surface area contributed by atoms with Crippen LogP contribution < -0.4 is 5.32 Å². The molecule has 1 N–H and O–H groups in total. The number of nitrogens with one attached hydrogen (secondary N) is 1. The van der Waals surface area contributed by atoms with Gasteiger partial charge in [0.05, 0.1) is 6.10 Å². The minimum atomic E-state index is 0.444. The monoisotopic (exact) mass is 251 g/mol. The molecule has 4 nitrogen and oxygen atoms in total. The number of rotatable bonds is 7. The molecule has 0 saturated carbocycles. The van der Waals surface area contributed by atoms with Crippen LogP contribution in [0, 0.1) is 0 Å². The molecule has 2 rings (SSSR count). The quantitative estimate of drug-likeness (QED) is 0.805. The smallest absolute Gasteiger partial charge is 0.110 e. The lowest BCUT2D eigenvalue weighted by atomic mass is 10.0. The Bertz CT molecular complexity index is 345. The summed E-state index contributed by atoms with van der Waals surface area (Å²) >= 11 is 0. The van der Waals surface area contributed by atoms with Gasteiger partial charge in [0.15, 0.2) is 0 Å². The van der Waals surface area contributed by atoms with E-state index in [1.807, 2.05) is 6.20 Å². The molecule has 1 aromatic rings. The Hall–Kier alpha value is -0.870. The number of nitrogens with zero attached hydrogens (tertiary/aromatic N) is 2. The molecular weight excluding hydrogens is 226 g/mol. The molecule has 102 valence electrons. The molecule has 0 spiro atoms. The van der Waals surface area contributed by atoms with Crippen molar-refractivity contribution >= 4 is 0 Å². The van der Waals surface area contributed by atoms with E-state index in [2.05, 4.69) is 34.9 Å². The fourth-order valence-corrected chi connectivity index (χ4v) is 2.71. The van der Waals surface area contributed by atoms with Crippen LogP contribution in [0.4, 0.5) is 0 Å². The number of aromatic nitrogens is 2. The molecule has 1 aliphatic rings. The summed E-state index contributed by atoms with van der Waals surface area (Å²) in [5.41, 5.74) is 0. The summed E-state index contributed by atoms with van der Waals surface area (Å²) < 4.78 is 7.96. The van der Waals surface area contributed by atoms with Gasteiger partial charge in [-0.25, -0.2) is 4.98 Å². The Labute approximate surface area is 110 Å². The molecule has 0 aliphatic carbocycles. The zero-order chi connectivity index (χ0) is 12.8. The average molecular weight is 251 g/mol. The van der Waals surface area contributed by atoms with Crippen molar-refractivity contribution in [1.29, 1.82) is 0 Å². The molecule has 0 radical (unpaired) electrons. The van der Waals surface area contributed by atoms with Crippen molar-refractivity contribution in [3.05, 3.63) is 18.2 Å². The van der Waals surface area contributed by atoms with Gasteiger partial charge in [-0.05, 0) is 32.7 Å². The maximum absolute atomic E-state index is 5.74. The third kappa shape index (κ3) is 3.56. The Kier molecular flexibility index (Phi) is 5.20. The van der Waals surface area contributed by atoms with E-state index in [1.54, 1.807) is 0 Å². The zero-order valence-corrected chi connectivity index (χ0v) is 11.6. The van der Waals surface area contributed by atoms with Gasteiger partial charge in [-0.3, -0.25) is 0 Å². The fraction of sp³-hybridized carbons (Fsp3) is 0.786. The predicted octanol–water partition coefficient (Wildman–Crippen LogP) is 1.99. The Morgan fingerprint density at radius 3 is 3.11 bits per heavy atom. The molecule has 2 atom stereocenters. The lowest BCUT2D eigenvalue weighted by Crippen LogP contribution is -2.35. The van der Waals surface area contributed by atoms with Crippen molar-refractivity contribution in [2.24, 2.45) is 0 Å². The van der Waals surface area contributed by atoms with Crippen LogP contribution in [-0.4, -0.2) is 34.8 Å². The standard InChI is InChI=1S/C14H25N3O/c1-3-15-12(10-13-6-5-9-18-13)11-14-16-7-8-17(14)4-2/h7-8,12-13,15H,3-6,9-11H2,1-2H3. The summed E-state index contributed by atoms with van der Waals surface area (Å²) in [5.74, 6) is 1.18. The van der Waals surface area contributed by atoms with E-state index in [0.717, 1.165) is 32.5 Å². The lowest BCUT2D eigenvalue weighted by molar-refractivity contribution is 0.0945. The molecule has 2 heterocycles. The van der Waals surface area contributed by atoms with Gasteiger partial charge < -0.3 is 14.6 Å². The SMILES string of the molecule is CCNC(Cc1nccn1CC)CC1CCCO1. The molecule has 1 fully saturated rings. The van der Waals surface area contributed by atoms with Crippen molar-refractivity contribution in [1.82, 2.24) is 14.9 Å². The molecule has 1 saturated heterocycles. The minimum absolute atomic E-state index is 0.444. The highest BCUT2D eigenvalue weighted by Crippen LogP contribution is 2.18. The Morgan fingerprint density at radius 1 is 1.56 bits per heavy atom. The summed E-state index contributed by atoms with van der Waals surface area (Å²) in [5, 5.41) is 3.57. The maximum atomic E-state index is 5.74. The molecule has 0 amide bonds. The van der Waals surface area contributed by atoms with Crippen LogP contribution in [-0.2, 0) is 17.7 Å². The van der Waals surface area contributed by atoms with E-state index in [1.165, 1.54) is 18.7 Å². The maximum Gasteiger partial charge on any atom is 0.110 e. The van der Waals surface area contributed by atoms with Crippen molar-refractivity contribution in [2.75, 3.05) is 13.2 Å². The predicted molar refractivity (Wildman–Crippen MR) is 72.7 cm³/mol. The molecule has 2 unspecified atom stereocenters. The summed E-state index contributed by atoms with van der Waals surface area (Å²) in [6.45, 7) is 7.26. The molecule has 1 aliphatic heterocycles. The third-order valence-electron chi connectivity index (χ3n) is 3.64. The van der Waals surface area contributed by atoms with Crippen LogP contribution in [0.2, 0.25) is 0 Å². The van der Waals surface area contributed by atoms with Crippen LogP contribution in [0.3, 0.4) is 0 Å². The highest BCUT2D eigenvalue weighted by molar-refractivity contribution is 4.96. The average Bonchev–Trinajstić information content (AvgIpc) is 3.00. The minimum Gasteiger partial charge on any atom is -0.378 e. The third-order valence-corrected chi connectivity index (χ3v) is 3.64. The summed E-state index contributed by atoms with van der Waals surface area (Å²) in [7, 11) is 0. The number of likely N-dealkylation sites (N-methyl/N-ethyl adjacent to an activating group) is 1. The molecule has 0 aromatic carbocycles. The Morgan fingerprint density at radius 2 is 2.44 bits per heavy atom. The highest BCUT2D eigenvalue weighted by Gasteiger charge is 2.21. The number of ether oxygens (including phenoxy) is 1. The van der Waals surface area contributed by atoms with Crippen molar-refractivity contribution in [3.63, 3.8) is 0 Å². The van der Waals surface area contributed by atoms with Crippen molar-refractivity contribution in [2.45, 2.75) is 58.2 Å². The first-order valence-corrected chi connectivity index (χ1v) is 7.18. The molecule has 18 heavy (non-hydrogen) atoms. The van der Waals surface area contributed by atoms with E-state index in [9.17, 15) is 0 Å². The van der Waals surface area contributed by atoms with Gasteiger partial charge in [-0.15, -0.1) is 0 Å². The second-order valence-electron chi connectivity index (χ2n) is 4.96. The fourth-order valence-electron chi connectivity index (χ4n) is 2.71. The number of aryl methyl sites for hydroxylation is 1. The first-order valence-electron chi connectivity index (χ1n) is 7.18. The van der Waals surface area contributed by atoms with Gasteiger partial charge >= 0.3 is 0 Å². The number of hydrogen-bond acceptors (Lipinski definition) is 3. The van der Waals surface area contributed by atoms with Crippen molar-refractivity contribution < 1.29 is 4.74 Å². The van der Waals surface area contributed by atoms with Gasteiger partial charge in [0.1, 0.15) is 5.82 Å². The Balaban J connectivity index is 1.92. The molecule has 0 bridgehead atoms. The van der Waals surface area contributed by atoms with Crippen LogP contribution >= 0.6 is 0 Å². The first-order chi connectivity index (χ1) is 8.83. The molecule has 4 heteroatoms. The van der Waals surface area contributed by atoms with Crippen LogP contribution in [0.1, 0.15) is 38.9 Å². The number of imidazole rings is 1. The summed E-state index contributed by atoms with van der Waals surface area (Å²) in [6, 6.07) is 0.478. The molecule has 1 aromatic heterocycles. The topological polar surface area (TPSA) is 39.1 Å². The van der Waals surface area contributed by atoms with Crippen LogP contribution in [0.5, 0.6) is 0 Å². The number of hydrogen-bond donors (Lipinski definition) is 1.